The van der Waals surface area contributed by atoms with E-state index in [0.29, 0.717) is 17.8 Å². The van der Waals surface area contributed by atoms with Crippen molar-refractivity contribution in [3.8, 4) is 0 Å². The van der Waals surface area contributed by atoms with Gasteiger partial charge in [0.1, 0.15) is 0 Å². The van der Waals surface area contributed by atoms with Crippen molar-refractivity contribution in [1.82, 2.24) is 15.1 Å². The zero-order chi connectivity index (χ0) is 17.8. The second-order valence-electron chi connectivity index (χ2n) is 5.89. The Morgan fingerprint density at radius 2 is 1.88 bits per heavy atom. The summed E-state index contributed by atoms with van der Waals surface area (Å²) in [6.45, 7) is 4.92. The molecule has 0 fully saturated rings. The maximum atomic E-state index is 12.2. The van der Waals surface area contributed by atoms with Crippen molar-refractivity contribution >= 4 is 5.91 Å². The van der Waals surface area contributed by atoms with Crippen LogP contribution in [0, 0.1) is 19.1 Å². The number of carbonyl (C=O) groups is 1. The molecule has 0 aliphatic rings. The second kappa shape index (κ2) is 7.17. The third-order valence-electron chi connectivity index (χ3n) is 4.19. The summed E-state index contributed by atoms with van der Waals surface area (Å²) in [6, 6.07) is 14.8. The van der Waals surface area contributed by atoms with E-state index in [2.05, 4.69) is 22.5 Å². The van der Waals surface area contributed by atoms with Gasteiger partial charge < -0.3 is 10.5 Å². The molecule has 2 aromatic heterocycles. The van der Waals surface area contributed by atoms with Crippen LogP contribution in [-0.4, -0.2) is 15.7 Å². The Morgan fingerprint density at radius 3 is 2.60 bits per heavy atom. The molecule has 1 amide bonds. The van der Waals surface area contributed by atoms with Crippen LogP contribution in [0.1, 0.15) is 33.0 Å². The van der Waals surface area contributed by atoms with Crippen LogP contribution in [0.5, 0.6) is 0 Å². The van der Waals surface area contributed by atoms with E-state index in [0.717, 1.165) is 17.0 Å². The summed E-state index contributed by atoms with van der Waals surface area (Å²) >= 11 is 0. The normalized spacial score (nSPS) is 10.6. The molecular formula is C19H20N4O2. The van der Waals surface area contributed by atoms with Crippen molar-refractivity contribution in [2.75, 3.05) is 0 Å². The van der Waals surface area contributed by atoms with Gasteiger partial charge in [-0.3, -0.25) is 9.48 Å². The summed E-state index contributed by atoms with van der Waals surface area (Å²) in [5.41, 5.74) is 4.09. The maximum absolute atomic E-state index is 12.2. The first-order valence-corrected chi connectivity index (χ1v) is 8.09. The predicted octanol–water partition coefficient (Wildman–Crippen LogP) is 2.11. The van der Waals surface area contributed by atoms with Crippen LogP contribution in [0.2, 0.25) is 0 Å². The third kappa shape index (κ3) is 3.68. The number of rotatable bonds is 5. The molecule has 0 aliphatic heterocycles. The van der Waals surface area contributed by atoms with Gasteiger partial charge in [-0.15, -0.1) is 0 Å². The van der Waals surface area contributed by atoms with Crippen molar-refractivity contribution in [3.63, 3.8) is 0 Å². The van der Waals surface area contributed by atoms with Crippen molar-refractivity contribution in [1.29, 1.82) is 0 Å². The van der Waals surface area contributed by atoms with E-state index in [9.17, 15) is 10.0 Å². The zero-order valence-electron chi connectivity index (χ0n) is 14.3. The summed E-state index contributed by atoms with van der Waals surface area (Å²) < 4.78 is 2.50. The minimum Gasteiger partial charge on any atom is -0.618 e. The number of amides is 1. The van der Waals surface area contributed by atoms with Gasteiger partial charge in [0.2, 0.25) is 0 Å². The number of nitrogens with one attached hydrogen (secondary N) is 1. The molecule has 2 heterocycles. The monoisotopic (exact) mass is 336 g/mol. The molecule has 1 N–H and O–H groups in total. The first-order valence-electron chi connectivity index (χ1n) is 8.09. The predicted molar refractivity (Wildman–Crippen MR) is 93.8 cm³/mol. The molecule has 0 saturated heterocycles. The summed E-state index contributed by atoms with van der Waals surface area (Å²) in [4.78, 5) is 12.2. The molecule has 1 aromatic carbocycles. The van der Waals surface area contributed by atoms with Gasteiger partial charge in [-0.2, -0.15) is 9.83 Å². The van der Waals surface area contributed by atoms with Gasteiger partial charge in [-0.1, -0.05) is 30.3 Å². The Balaban J connectivity index is 1.73. The fraction of sp³-hybridized carbons (Fsp3) is 0.211. The van der Waals surface area contributed by atoms with Crippen LogP contribution in [0.4, 0.5) is 0 Å². The summed E-state index contributed by atoms with van der Waals surface area (Å²) in [5.74, 6) is -0.398. The van der Waals surface area contributed by atoms with Crippen LogP contribution in [0.15, 0.2) is 54.7 Å². The fourth-order valence-corrected chi connectivity index (χ4v) is 2.76. The Morgan fingerprint density at radius 1 is 1.16 bits per heavy atom. The highest BCUT2D eigenvalue weighted by Crippen LogP contribution is 2.14. The SMILES string of the molecule is Cc1nn(Cc2ccccc2)c(C)c1CNC(=O)c1cccc[n+]1[O-]. The van der Waals surface area contributed by atoms with Gasteiger partial charge in [0, 0.05) is 29.9 Å². The lowest BCUT2D eigenvalue weighted by atomic mass is 10.2. The molecule has 0 saturated carbocycles. The number of hydrogen-bond donors (Lipinski definition) is 1. The van der Waals surface area contributed by atoms with Gasteiger partial charge in [-0.05, 0) is 25.5 Å². The summed E-state index contributed by atoms with van der Waals surface area (Å²) in [6.07, 6.45) is 1.31. The van der Waals surface area contributed by atoms with Gasteiger partial charge in [0.25, 0.3) is 5.69 Å². The number of benzene rings is 1. The lowest BCUT2D eigenvalue weighted by Crippen LogP contribution is -2.38. The number of aryl methyl sites for hydroxylation is 1. The molecule has 25 heavy (non-hydrogen) atoms. The average molecular weight is 336 g/mol. The first kappa shape index (κ1) is 16.7. The van der Waals surface area contributed by atoms with Gasteiger partial charge >= 0.3 is 5.91 Å². The lowest BCUT2D eigenvalue weighted by molar-refractivity contribution is -0.607. The van der Waals surface area contributed by atoms with E-state index >= 15 is 0 Å². The van der Waals surface area contributed by atoms with E-state index < -0.39 is 5.91 Å². The van der Waals surface area contributed by atoms with Crippen LogP contribution in [0.3, 0.4) is 0 Å². The first-order chi connectivity index (χ1) is 12.1. The molecule has 3 rings (SSSR count). The minimum absolute atomic E-state index is 0.0782. The number of hydrogen-bond acceptors (Lipinski definition) is 3. The highest BCUT2D eigenvalue weighted by atomic mass is 16.5. The van der Waals surface area contributed by atoms with E-state index in [4.69, 9.17) is 0 Å². The summed E-state index contributed by atoms with van der Waals surface area (Å²) in [5, 5.41) is 19.0. The highest BCUT2D eigenvalue weighted by molar-refractivity contribution is 5.90. The maximum Gasteiger partial charge on any atom is 0.317 e. The van der Waals surface area contributed by atoms with Crippen LogP contribution >= 0.6 is 0 Å². The Labute approximate surface area is 146 Å². The highest BCUT2D eigenvalue weighted by Gasteiger charge is 2.17. The fourth-order valence-electron chi connectivity index (χ4n) is 2.76. The Hall–Kier alpha value is -3.15. The van der Waals surface area contributed by atoms with Gasteiger partial charge in [0.15, 0.2) is 6.20 Å². The minimum atomic E-state index is -0.398. The van der Waals surface area contributed by atoms with Crippen molar-refractivity contribution < 1.29 is 9.52 Å². The molecule has 0 unspecified atom stereocenters. The lowest BCUT2D eigenvalue weighted by Gasteiger charge is -2.07. The second-order valence-corrected chi connectivity index (χ2v) is 5.89. The van der Waals surface area contributed by atoms with E-state index in [-0.39, 0.29) is 5.69 Å². The smallest absolute Gasteiger partial charge is 0.317 e. The summed E-state index contributed by atoms with van der Waals surface area (Å²) in [7, 11) is 0. The molecule has 0 aliphatic carbocycles. The van der Waals surface area contributed by atoms with E-state index in [1.165, 1.54) is 17.8 Å². The van der Waals surface area contributed by atoms with Crippen LogP contribution in [0.25, 0.3) is 0 Å². The standard InChI is InChI=1S/C19H20N4O2/c1-14-17(12-20-19(24)18-10-6-7-11-23(18)25)15(2)22(21-14)13-16-8-4-3-5-9-16/h3-11H,12-13H2,1-2H3,(H,20,24). The third-order valence-corrected chi connectivity index (χ3v) is 4.19. The molecule has 0 atom stereocenters. The Kier molecular flexibility index (Phi) is 4.79. The van der Waals surface area contributed by atoms with Crippen molar-refractivity contribution in [2.24, 2.45) is 0 Å². The van der Waals surface area contributed by atoms with E-state index in [1.54, 1.807) is 12.1 Å². The molecule has 0 bridgehead atoms. The number of carbonyl (C=O) groups excluding carboxylic acids is 1. The quantitative estimate of drug-likeness (QED) is 0.573. The van der Waals surface area contributed by atoms with Gasteiger partial charge in [-0.25, -0.2) is 0 Å². The largest absolute Gasteiger partial charge is 0.618 e. The molecule has 6 heteroatoms. The Bertz CT molecular complexity index is 888. The number of nitrogens with zero attached hydrogens (tertiary/aromatic N) is 3. The number of aromatic nitrogens is 3. The van der Waals surface area contributed by atoms with E-state index in [1.807, 2.05) is 36.7 Å². The van der Waals surface area contributed by atoms with Gasteiger partial charge in [0.05, 0.1) is 12.2 Å². The molecule has 0 radical (unpaired) electrons. The van der Waals surface area contributed by atoms with Crippen LogP contribution in [-0.2, 0) is 13.1 Å². The molecule has 6 nitrogen and oxygen atoms in total. The van der Waals surface area contributed by atoms with Crippen molar-refractivity contribution in [2.45, 2.75) is 26.9 Å². The molecule has 128 valence electrons. The molecular weight excluding hydrogens is 316 g/mol. The van der Waals surface area contributed by atoms with Crippen molar-refractivity contribution in [3.05, 3.63) is 88.1 Å². The average Bonchev–Trinajstić information content (AvgIpc) is 2.87. The molecule has 0 spiro atoms. The zero-order valence-corrected chi connectivity index (χ0v) is 14.3. The van der Waals surface area contributed by atoms with Crippen LogP contribution < -0.4 is 10.0 Å². The number of pyridine rings is 1. The topological polar surface area (TPSA) is 73.9 Å². The molecule has 3 aromatic rings.